The van der Waals surface area contributed by atoms with Gasteiger partial charge in [-0.1, -0.05) is 39.8 Å². The van der Waals surface area contributed by atoms with E-state index in [9.17, 15) is 33.9 Å². The maximum absolute atomic E-state index is 14.8. The van der Waals surface area contributed by atoms with Crippen molar-refractivity contribution >= 4 is 46.5 Å². The van der Waals surface area contributed by atoms with Crippen molar-refractivity contribution in [2.75, 3.05) is 60.6 Å². The maximum Gasteiger partial charge on any atom is 0.324 e. The number of aryl methyl sites for hydroxylation is 1. The van der Waals surface area contributed by atoms with Gasteiger partial charge in [-0.3, -0.25) is 43.7 Å². The zero-order valence-corrected chi connectivity index (χ0v) is 43.5. The molecule has 2 aromatic heterocycles. The van der Waals surface area contributed by atoms with Crippen molar-refractivity contribution in [1.82, 2.24) is 40.0 Å². The fraction of sp³-hybridized carbons (Fsp3) is 0.537. The zero-order chi connectivity index (χ0) is 52.2. The molecular formula is C54H72N8O10. The first kappa shape index (κ1) is 53.4. The molecule has 0 saturated carbocycles. The Hall–Kier alpha value is -6.37. The number of carbonyl (C=O) groups excluding carboxylic acids is 6. The van der Waals surface area contributed by atoms with E-state index in [-0.39, 0.29) is 62.5 Å². The number of ether oxygens (including phenoxy) is 3. The van der Waals surface area contributed by atoms with E-state index >= 15 is 0 Å². The molecule has 0 aliphatic carbocycles. The van der Waals surface area contributed by atoms with Gasteiger partial charge in [0.15, 0.2) is 0 Å². The third-order valence-electron chi connectivity index (χ3n) is 14.0. The molecule has 6 atom stereocenters. The Morgan fingerprint density at radius 1 is 1.06 bits per heavy atom. The zero-order valence-electron chi connectivity index (χ0n) is 43.5. The van der Waals surface area contributed by atoms with Crippen molar-refractivity contribution < 1.29 is 48.1 Å². The number of pyridine rings is 1. The van der Waals surface area contributed by atoms with Crippen molar-refractivity contribution in [3.8, 4) is 28.1 Å². The van der Waals surface area contributed by atoms with E-state index in [2.05, 4.69) is 54.3 Å². The highest BCUT2D eigenvalue weighted by molar-refractivity contribution is 5.96. The average Bonchev–Trinajstić information content (AvgIpc) is 4.06. The Labute approximate surface area is 422 Å². The second-order valence-electron chi connectivity index (χ2n) is 20.6. The van der Waals surface area contributed by atoms with E-state index in [4.69, 9.17) is 19.2 Å². The number of amides is 4. The molecule has 388 valence electrons. The minimum Gasteiger partial charge on any atom is -0.508 e. The summed E-state index contributed by atoms with van der Waals surface area (Å²) in [6, 6.07) is 11.9. The number of phenols is 1. The average molecular weight is 993 g/mol. The first-order valence-corrected chi connectivity index (χ1v) is 25.1. The van der Waals surface area contributed by atoms with Gasteiger partial charge in [-0.05, 0) is 104 Å². The number of carbonyl (C=O) groups is 6. The predicted octanol–water partition coefficient (Wildman–Crippen LogP) is 5.03. The maximum atomic E-state index is 14.8. The molecule has 18 heteroatoms. The number of hydrogen-bond donors (Lipinski definition) is 3. The summed E-state index contributed by atoms with van der Waals surface area (Å²) < 4.78 is 19.2. The van der Waals surface area contributed by atoms with Gasteiger partial charge >= 0.3 is 11.9 Å². The Balaban J connectivity index is 1.22. The molecule has 2 saturated heterocycles. The van der Waals surface area contributed by atoms with Crippen LogP contribution < -0.4 is 10.7 Å². The molecular weight excluding hydrogens is 921 g/mol. The first-order valence-electron chi connectivity index (χ1n) is 25.1. The van der Waals surface area contributed by atoms with E-state index in [0.717, 1.165) is 39.0 Å². The fourth-order valence-corrected chi connectivity index (χ4v) is 10.2. The highest BCUT2D eigenvalue weighted by atomic mass is 16.5. The van der Waals surface area contributed by atoms with Crippen LogP contribution in [0.2, 0.25) is 0 Å². The lowest BCUT2D eigenvalue weighted by Crippen LogP contribution is -2.62. The van der Waals surface area contributed by atoms with Gasteiger partial charge in [0.2, 0.25) is 17.7 Å². The molecule has 7 rings (SSSR count). The number of esters is 2. The van der Waals surface area contributed by atoms with Crippen molar-refractivity contribution in [1.29, 1.82) is 0 Å². The van der Waals surface area contributed by atoms with Gasteiger partial charge in [0.05, 0.1) is 37.3 Å². The molecule has 6 bridgehead atoms. The summed E-state index contributed by atoms with van der Waals surface area (Å²) in [6.07, 6.45) is 3.43. The van der Waals surface area contributed by atoms with Crippen LogP contribution in [0.1, 0.15) is 90.7 Å². The summed E-state index contributed by atoms with van der Waals surface area (Å²) >= 11 is 0. The van der Waals surface area contributed by atoms with Gasteiger partial charge in [-0.2, -0.15) is 0 Å². The molecule has 3 N–H and O–H groups in total. The first-order chi connectivity index (χ1) is 34.2. The summed E-state index contributed by atoms with van der Waals surface area (Å²) in [5.41, 5.74) is 9.38. The Morgan fingerprint density at radius 3 is 2.53 bits per heavy atom. The number of nitrogens with zero attached hydrogens (tertiary/aromatic N) is 6. The van der Waals surface area contributed by atoms with Crippen molar-refractivity contribution in [3.63, 3.8) is 0 Å². The number of methoxy groups -OCH3 is 1. The van der Waals surface area contributed by atoms with Gasteiger partial charge in [-0.15, -0.1) is 0 Å². The number of hydrogen-bond acceptors (Lipinski definition) is 13. The van der Waals surface area contributed by atoms with Gasteiger partial charge < -0.3 is 39.0 Å². The molecule has 3 aliphatic heterocycles. The number of benzene rings is 2. The molecule has 0 radical (unpaired) electrons. The van der Waals surface area contributed by atoms with Crippen molar-refractivity contribution in [2.45, 2.75) is 117 Å². The highest BCUT2D eigenvalue weighted by Gasteiger charge is 2.43. The normalized spacial score (nSPS) is 20.8. The summed E-state index contributed by atoms with van der Waals surface area (Å²) in [5, 5.41) is 16.7. The summed E-state index contributed by atoms with van der Waals surface area (Å²) in [7, 11) is 4.72. The number of aromatic nitrogens is 2. The number of likely N-dealkylation sites (N-methyl/N-ethyl adjacent to an activating group) is 2. The Bertz CT molecular complexity index is 2680. The number of aromatic hydroxyl groups is 1. The van der Waals surface area contributed by atoms with E-state index in [1.165, 1.54) is 28.8 Å². The molecule has 18 nitrogen and oxygen atoms in total. The van der Waals surface area contributed by atoms with Gasteiger partial charge in [0, 0.05) is 88.8 Å². The second kappa shape index (κ2) is 22.6. The van der Waals surface area contributed by atoms with Crippen LogP contribution in [0, 0.1) is 11.3 Å². The number of phenolic OH excluding ortho intramolecular Hbond substituents is 1. The van der Waals surface area contributed by atoms with Crippen molar-refractivity contribution in [3.05, 3.63) is 71.5 Å². The van der Waals surface area contributed by atoms with E-state index in [1.54, 1.807) is 46.3 Å². The molecule has 2 unspecified atom stereocenters. The third kappa shape index (κ3) is 12.1. The van der Waals surface area contributed by atoms with E-state index in [1.807, 2.05) is 30.0 Å². The highest BCUT2D eigenvalue weighted by Crippen LogP contribution is 2.42. The molecule has 72 heavy (non-hydrogen) atoms. The number of cyclic esters (lactones) is 1. The molecule has 2 aromatic carbocycles. The third-order valence-corrected chi connectivity index (χ3v) is 14.0. The topological polar surface area (TPSA) is 205 Å². The predicted molar refractivity (Wildman–Crippen MR) is 271 cm³/mol. The largest absolute Gasteiger partial charge is 0.508 e. The van der Waals surface area contributed by atoms with Gasteiger partial charge in [0.1, 0.15) is 29.9 Å². The molecule has 2 fully saturated rings. The van der Waals surface area contributed by atoms with E-state index in [0.29, 0.717) is 56.4 Å². The van der Waals surface area contributed by atoms with Crippen LogP contribution in [0.5, 0.6) is 5.75 Å². The lowest BCUT2D eigenvalue weighted by Gasteiger charge is -2.37. The molecule has 5 heterocycles. The lowest BCUT2D eigenvalue weighted by atomic mass is 9.84. The van der Waals surface area contributed by atoms with Crippen LogP contribution in [0.3, 0.4) is 0 Å². The number of hydrazine groups is 1. The fourth-order valence-electron chi connectivity index (χ4n) is 10.2. The quantitative estimate of drug-likeness (QED) is 0.0814. The minimum atomic E-state index is -1.21. The van der Waals surface area contributed by atoms with Crippen LogP contribution in [0.4, 0.5) is 0 Å². The van der Waals surface area contributed by atoms with Crippen LogP contribution in [0.25, 0.3) is 33.3 Å². The number of nitrogens with one attached hydrogen (secondary N) is 2. The number of rotatable bonds is 15. The van der Waals surface area contributed by atoms with Crippen LogP contribution in [0.15, 0.2) is 54.7 Å². The van der Waals surface area contributed by atoms with Crippen molar-refractivity contribution in [2.24, 2.45) is 11.3 Å². The van der Waals surface area contributed by atoms with Gasteiger partial charge in [0.25, 0.3) is 5.91 Å². The monoisotopic (exact) mass is 993 g/mol. The summed E-state index contributed by atoms with van der Waals surface area (Å²) in [4.78, 5) is 91.0. The summed E-state index contributed by atoms with van der Waals surface area (Å²) in [6.45, 7) is 15.2. The van der Waals surface area contributed by atoms with Gasteiger partial charge in [-0.25, -0.2) is 5.43 Å². The van der Waals surface area contributed by atoms with Crippen LogP contribution in [-0.2, 0) is 62.4 Å². The van der Waals surface area contributed by atoms with E-state index < -0.39 is 53.1 Å². The van der Waals surface area contributed by atoms with Crippen LogP contribution >= 0.6 is 0 Å². The summed E-state index contributed by atoms with van der Waals surface area (Å²) in [5.74, 6) is -3.10. The standard InChI is InChI=1S/C54H72N8O10/c1-11-61-44-18-17-36-27-40(44)41(49(61)39-15-12-19-55-47(39)33(4)70-10)28-54(6,7)31-72-53(69)42-16-13-21-62(57-42)51(67)43(25-35-23-37(36)26-38(64)24-35)56-50(66)48(32(2)3)59(9)46(65)30-58(8)52(68)45-29-60(45)20-14-22-71-34(5)63/h12,15,17-19,23-24,26-27,32-33,42-43,45,48,57,64H,11,13-14,16,20-22,25,28-31H2,1-10H3,(H,56,66)/t33-,42-,43-,45-,48?,60?/m0/s1. The Morgan fingerprint density at radius 2 is 1.82 bits per heavy atom. The smallest absolute Gasteiger partial charge is 0.324 e. The number of fused-ring (bicyclic) bond motifs is 6. The SMILES string of the molecule is CCn1c(-c2cccnc2[C@H](C)OC)c2c3cc(ccc31)-c1cc(O)cc(c1)C[C@H](NC(=O)C(C(C)C)N(C)C(=O)CN(C)C(=O)[C@@H]1CN1CCCOC(C)=O)C(=O)N1CCC[C@H](N1)C(=O)OCC(C)(C)C2. The molecule has 4 amide bonds. The van der Waals surface area contributed by atoms with Crippen LogP contribution in [-0.4, -0.2) is 155 Å². The molecule has 4 aromatic rings. The minimum absolute atomic E-state index is 0.0319. The Kier molecular flexibility index (Phi) is 16.8. The lowest BCUT2D eigenvalue weighted by molar-refractivity contribution is -0.155. The second-order valence-corrected chi connectivity index (χ2v) is 20.6. The molecule has 0 spiro atoms. The molecule has 3 aliphatic rings.